The first kappa shape index (κ1) is 17.1. The minimum Gasteiger partial charge on any atom is -0.350 e. The van der Waals surface area contributed by atoms with E-state index in [0.29, 0.717) is 17.8 Å². The van der Waals surface area contributed by atoms with E-state index in [4.69, 9.17) is 0 Å². The third kappa shape index (κ3) is 3.38. The van der Waals surface area contributed by atoms with Crippen LogP contribution in [0.3, 0.4) is 0 Å². The van der Waals surface area contributed by atoms with E-state index in [0.717, 1.165) is 12.1 Å². The monoisotopic (exact) mass is 351 g/mol. The number of carbonyl (C=O) groups is 2. The molecule has 0 fully saturated rings. The fourth-order valence-corrected chi connectivity index (χ4v) is 2.82. The van der Waals surface area contributed by atoms with Gasteiger partial charge >= 0.3 is 6.18 Å². The molecular formula is C17H16F3N3O2. The standard InChI is InChI=1S/C17H16F3N3O2/c1-22-14(10-23-7-3-6-13(23)16(22)25)15(24)21-9-11-4-2-5-12(8-11)17(18,19)20/h2-8,14H,9-10H2,1H3,(H,21,24). The average Bonchev–Trinajstić information content (AvgIpc) is 3.04. The van der Waals surface area contributed by atoms with Gasteiger partial charge in [-0.25, -0.2) is 0 Å². The Hall–Kier alpha value is -2.77. The Bertz CT molecular complexity index is 813. The van der Waals surface area contributed by atoms with Gasteiger partial charge in [-0.2, -0.15) is 13.2 Å². The lowest BCUT2D eigenvalue weighted by Gasteiger charge is -2.32. The largest absolute Gasteiger partial charge is 0.416 e. The normalized spacial score (nSPS) is 17.4. The van der Waals surface area contributed by atoms with E-state index in [9.17, 15) is 22.8 Å². The number of carbonyl (C=O) groups excluding carboxylic acids is 2. The maximum absolute atomic E-state index is 12.7. The SMILES string of the molecule is CN1C(=O)c2cccn2CC1C(=O)NCc1cccc(C(F)(F)F)c1. The summed E-state index contributed by atoms with van der Waals surface area (Å²) in [5.74, 6) is -0.678. The molecule has 132 valence electrons. The number of hydrogen-bond acceptors (Lipinski definition) is 2. The van der Waals surface area contributed by atoms with E-state index in [1.165, 1.54) is 24.1 Å². The van der Waals surface area contributed by atoms with Gasteiger partial charge in [-0.3, -0.25) is 9.59 Å². The van der Waals surface area contributed by atoms with Crippen molar-refractivity contribution in [2.45, 2.75) is 25.3 Å². The van der Waals surface area contributed by atoms with Gasteiger partial charge < -0.3 is 14.8 Å². The van der Waals surface area contributed by atoms with E-state index in [1.54, 1.807) is 22.9 Å². The maximum Gasteiger partial charge on any atom is 0.416 e. The van der Waals surface area contributed by atoms with E-state index in [-0.39, 0.29) is 12.5 Å². The van der Waals surface area contributed by atoms with Crippen molar-refractivity contribution in [3.63, 3.8) is 0 Å². The van der Waals surface area contributed by atoms with Crippen molar-refractivity contribution in [3.8, 4) is 0 Å². The molecule has 1 aliphatic heterocycles. The van der Waals surface area contributed by atoms with Gasteiger partial charge in [-0.1, -0.05) is 12.1 Å². The van der Waals surface area contributed by atoms with Crippen LogP contribution >= 0.6 is 0 Å². The summed E-state index contributed by atoms with van der Waals surface area (Å²) in [6.45, 7) is 0.263. The molecule has 2 heterocycles. The van der Waals surface area contributed by atoms with E-state index in [2.05, 4.69) is 5.32 Å². The van der Waals surface area contributed by atoms with Crippen LogP contribution in [-0.4, -0.2) is 34.4 Å². The summed E-state index contributed by atoms with van der Waals surface area (Å²) >= 11 is 0. The molecule has 0 aliphatic carbocycles. The Morgan fingerprint density at radius 2 is 2.04 bits per heavy atom. The molecule has 5 nitrogen and oxygen atoms in total. The Morgan fingerprint density at radius 3 is 2.76 bits per heavy atom. The maximum atomic E-state index is 12.7. The van der Waals surface area contributed by atoms with E-state index < -0.39 is 23.7 Å². The van der Waals surface area contributed by atoms with Crippen LogP contribution in [-0.2, 0) is 24.1 Å². The topological polar surface area (TPSA) is 54.3 Å². The van der Waals surface area contributed by atoms with Gasteiger partial charge in [-0.15, -0.1) is 0 Å². The number of fused-ring (bicyclic) bond motifs is 1. The van der Waals surface area contributed by atoms with E-state index in [1.807, 2.05) is 0 Å². The highest BCUT2D eigenvalue weighted by atomic mass is 19.4. The number of nitrogens with one attached hydrogen (secondary N) is 1. The minimum absolute atomic E-state index is 0.0418. The second kappa shape index (κ2) is 6.27. The number of alkyl halides is 3. The summed E-state index contributed by atoms with van der Waals surface area (Å²) < 4.78 is 39.9. The van der Waals surface area contributed by atoms with Gasteiger partial charge in [0.15, 0.2) is 0 Å². The quantitative estimate of drug-likeness (QED) is 0.922. The predicted octanol–water partition coefficient (Wildman–Crippen LogP) is 2.28. The van der Waals surface area contributed by atoms with Crippen molar-refractivity contribution in [2.24, 2.45) is 0 Å². The van der Waals surface area contributed by atoms with Crippen molar-refractivity contribution in [2.75, 3.05) is 7.05 Å². The molecule has 0 saturated heterocycles. The van der Waals surface area contributed by atoms with Gasteiger partial charge in [0, 0.05) is 19.8 Å². The third-order valence-electron chi connectivity index (χ3n) is 4.23. The molecule has 0 saturated carbocycles. The zero-order valence-electron chi connectivity index (χ0n) is 13.4. The fraction of sp³-hybridized carbons (Fsp3) is 0.294. The lowest BCUT2D eigenvalue weighted by atomic mass is 10.1. The zero-order valence-corrected chi connectivity index (χ0v) is 13.4. The molecule has 25 heavy (non-hydrogen) atoms. The Morgan fingerprint density at radius 1 is 1.28 bits per heavy atom. The van der Waals surface area contributed by atoms with Crippen LogP contribution < -0.4 is 5.32 Å². The molecule has 8 heteroatoms. The van der Waals surface area contributed by atoms with Crippen molar-refractivity contribution in [1.82, 2.24) is 14.8 Å². The molecule has 2 aromatic rings. The van der Waals surface area contributed by atoms with Crippen LogP contribution in [0.5, 0.6) is 0 Å². The molecular weight excluding hydrogens is 335 g/mol. The highest BCUT2D eigenvalue weighted by Crippen LogP contribution is 2.29. The first-order valence-electron chi connectivity index (χ1n) is 7.63. The van der Waals surface area contributed by atoms with Crippen LogP contribution in [0, 0.1) is 0 Å². The highest BCUT2D eigenvalue weighted by molar-refractivity contribution is 5.97. The third-order valence-corrected chi connectivity index (χ3v) is 4.23. The van der Waals surface area contributed by atoms with Gasteiger partial charge in [0.05, 0.1) is 12.1 Å². The number of amides is 2. The van der Waals surface area contributed by atoms with Crippen molar-refractivity contribution in [1.29, 1.82) is 0 Å². The number of aromatic nitrogens is 1. The first-order chi connectivity index (χ1) is 11.8. The lowest BCUT2D eigenvalue weighted by Crippen LogP contribution is -2.53. The Kier molecular flexibility index (Phi) is 4.28. The zero-order chi connectivity index (χ0) is 18.2. The van der Waals surface area contributed by atoms with Crippen LogP contribution in [0.15, 0.2) is 42.6 Å². The number of nitrogens with zero attached hydrogens (tertiary/aromatic N) is 2. The second-order valence-corrected chi connectivity index (χ2v) is 5.89. The smallest absolute Gasteiger partial charge is 0.350 e. The van der Waals surface area contributed by atoms with Crippen molar-refractivity contribution in [3.05, 3.63) is 59.4 Å². The highest BCUT2D eigenvalue weighted by Gasteiger charge is 2.34. The Balaban J connectivity index is 1.68. The van der Waals surface area contributed by atoms with Crippen LogP contribution in [0.1, 0.15) is 21.6 Å². The first-order valence-corrected chi connectivity index (χ1v) is 7.63. The average molecular weight is 351 g/mol. The molecule has 2 amide bonds. The number of hydrogen-bond donors (Lipinski definition) is 1. The van der Waals surface area contributed by atoms with Gasteiger partial charge in [-0.05, 0) is 29.8 Å². The number of rotatable bonds is 3. The number of benzene rings is 1. The van der Waals surface area contributed by atoms with Gasteiger partial charge in [0.2, 0.25) is 5.91 Å². The summed E-state index contributed by atoms with van der Waals surface area (Å²) in [5, 5.41) is 2.61. The summed E-state index contributed by atoms with van der Waals surface area (Å²) in [6, 6.07) is 7.48. The Labute approximate surface area is 142 Å². The molecule has 1 atom stereocenters. The molecule has 0 radical (unpaired) electrons. The number of likely N-dealkylation sites (N-methyl/N-ethyl adjacent to an activating group) is 1. The predicted molar refractivity (Wildman–Crippen MR) is 83.6 cm³/mol. The summed E-state index contributed by atoms with van der Waals surface area (Å²) in [7, 11) is 1.54. The molecule has 1 unspecified atom stereocenters. The lowest BCUT2D eigenvalue weighted by molar-refractivity contribution is -0.137. The number of halogens is 3. The second-order valence-electron chi connectivity index (χ2n) is 5.89. The van der Waals surface area contributed by atoms with Crippen LogP contribution in [0.2, 0.25) is 0 Å². The molecule has 1 N–H and O–H groups in total. The minimum atomic E-state index is -4.43. The van der Waals surface area contributed by atoms with Gasteiger partial charge in [0.25, 0.3) is 5.91 Å². The summed E-state index contributed by atoms with van der Waals surface area (Å²) in [4.78, 5) is 26.0. The molecule has 1 aliphatic rings. The summed E-state index contributed by atoms with van der Waals surface area (Å²) in [6.07, 6.45) is -2.71. The van der Waals surface area contributed by atoms with E-state index >= 15 is 0 Å². The molecule has 0 bridgehead atoms. The van der Waals surface area contributed by atoms with Crippen LogP contribution in [0.25, 0.3) is 0 Å². The van der Waals surface area contributed by atoms with Crippen LogP contribution in [0.4, 0.5) is 13.2 Å². The summed E-state index contributed by atoms with van der Waals surface area (Å²) in [5.41, 5.74) is 0.0836. The molecule has 3 rings (SSSR count). The van der Waals surface area contributed by atoms with Crippen molar-refractivity contribution >= 4 is 11.8 Å². The van der Waals surface area contributed by atoms with Gasteiger partial charge in [0.1, 0.15) is 11.7 Å². The fourth-order valence-electron chi connectivity index (χ4n) is 2.82. The van der Waals surface area contributed by atoms with Crippen molar-refractivity contribution < 1.29 is 22.8 Å². The molecule has 1 aromatic carbocycles. The molecule has 0 spiro atoms. The molecule has 1 aromatic heterocycles.